The molecule has 0 bridgehead atoms. The molecule has 1 aliphatic heterocycles. The topological polar surface area (TPSA) is 86.9 Å². The highest BCUT2D eigenvalue weighted by atomic mass is 32.2. The van der Waals surface area contributed by atoms with Gasteiger partial charge in [0.05, 0.1) is 16.5 Å². The Morgan fingerprint density at radius 3 is 2.34 bits per heavy atom. The Balaban J connectivity index is 0.00000107. The molecule has 1 amide bonds. The third kappa shape index (κ3) is 6.02. The van der Waals surface area contributed by atoms with Gasteiger partial charge in [-0.25, -0.2) is 4.98 Å². The normalized spacial score (nSPS) is 14.9. The second-order valence-corrected chi connectivity index (χ2v) is 10.1. The number of carbonyl (C=O) groups excluding carboxylic acids is 1. The minimum Gasteiger partial charge on any atom is -0.397 e. The zero-order valence-corrected chi connectivity index (χ0v) is 22.7. The number of benzene rings is 2. The fraction of sp³-hybridized carbons (Fsp3) is 0.172. The number of anilines is 1. The third-order valence-electron chi connectivity index (χ3n) is 5.84. The second-order valence-electron chi connectivity index (χ2n) is 8.40. The van der Waals surface area contributed by atoms with Crippen LogP contribution in [0.3, 0.4) is 0 Å². The first-order valence-electron chi connectivity index (χ1n) is 12.2. The summed E-state index contributed by atoms with van der Waals surface area (Å²) in [4.78, 5) is 33.5. The maximum absolute atomic E-state index is 13.4. The van der Waals surface area contributed by atoms with Crippen LogP contribution in [-0.4, -0.2) is 36.2 Å². The van der Waals surface area contributed by atoms with Crippen LogP contribution < -0.4 is 10.9 Å². The summed E-state index contributed by atoms with van der Waals surface area (Å²) < 4.78 is 1.94. The zero-order chi connectivity index (χ0) is 27.1. The number of aliphatic hydroxyl groups is 1. The van der Waals surface area contributed by atoms with Gasteiger partial charge < -0.3 is 10.4 Å². The highest BCUT2D eigenvalue weighted by Crippen LogP contribution is 2.38. The van der Waals surface area contributed by atoms with Gasteiger partial charge in [0.25, 0.3) is 11.5 Å². The Bertz CT molecular complexity index is 1520. The van der Waals surface area contributed by atoms with Crippen molar-refractivity contribution in [2.45, 2.75) is 26.4 Å². The van der Waals surface area contributed by atoms with Crippen LogP contribution in [0.1, 0.15) is 36.6 Å². The third-order valence-corrected chi connectivity index (χ3v) is 7.17. The van der Waals surface area contributed by atoms with Gasteiger partial charge in [0, 0.05) is 19.3 Å². The number of hydrogen-bond donors (Lipinski definition) is 2. The Morgan fingerprint density at radius 1 is 1.03 bits per heavy atom. The molecule has 0 spiro atoms. The molecule has 2 aromatic carbocycles. The van der Waals surface area contributed by atoms with Crippen LogP contribution in [0.5, 0.6) is 0 Å². The molecular weight excluding hydrogens is 516 g/mol. The van der Waals surface area contributed by atoms with Gasteiger partial charge in [-0.3, -0.25) is 18.9 Å². The first-order chi connectivity index (χ1) is 18.4. The van der Waals surface area contributed by atoms with Crippen LogP contribution in [0.2, 0.25) is 0 Å². The minimum absolute atomic E-state index is 0.220. The largest absolute Gasteiger partial charge is 0.397 e. The number of thioether (sulfide) groups is 1. The van der Waals surface area contributed by atoms with E-state index in [9.17, 15) is 9.59 Å². The quantitative estimate of drug-likeness (QED) is 0.253. The average Bonchev–Trinajstić information content (AvgIpc) is 3.22. The number of nitrogens with one attached hydrogen (secondary N) is 1. The predicted octanol–water partition coefficient (Wildman–Crippen LogP) is 5.27. The van der Waals surface area contributed by atoms with E-state index in [1.807, 2.05) is 73.7 Å². The molecular formula is C29H28N4O3S2. The van der Waals surface area contributed by atoms with E-state index in [4.69, 9.17) is 17.3 Å². The van der Waals surface area contributed by atoms with Crippen LogP contribution >= 0.6 is 24.0 Å². The summed E-state index contributed by atoms with van der Waals surface area (Å²) in [6, 6.07) is 24.8. The molecule has 2 aromatic heterocycles. The first-order valence-corrected chi connectivity index (χ1v) is 13.4. The zero-order valence-electron chi connectivity index (χ0n) is 21.1. The van der Waals surface area contributed by atoms with E-state index < -0.39 is 0 Å². The number of fused-ring (bicyclic) bond motifs is 1. The monoisotopic (exact) mass is 544 g/mol. The van der Waals surface area contributed by atoms with Crippen LogP contribution in [0.25, 0.3) is 11.7 Å². The molecule has 1 unspecified atom stereocenters. The molecule has 1 atom stereocenters. The summed E-state index contributed by atoms with van der Waals surface area (Å²) in [5, 5.41) is 10.9. The number of carbonyl (C=O) groups is 1. The highest BCUT2D eigenvalue weighted by Gasteiger charge is 2.36. The maximum atomic E-state index is 13.4. The Kier molecular flexibility index (Phi) is 9.06. The summed E-state index contributed by atoms with van der Waals surface area (Å²) in [6.07, 6.45) is 3.28. The van der Waals surface area contributed by atoms with Gasteiger partial charge in [-0.15, -0.1) is 0 Å². The van der Waals surface area contributed by atoms with Gasteiger partial charge >= 0.3 is 0 Å². The molecule has 0 radical (unpaired) electrons. The molecule has 4 aromatic rings. The molecule has 7 nitrogen and oxygen atoms in total. The van der Waals surface area contributed by atoms with Crippen molar-refractivity contribution in [3.8, 4) is 0 Å². The van der Waals surface area contributed by atoms with E-state index in [2.05, 4.69) is 10.3 Å². The van der Waals surface area contributed by atoms with Crippen molar-refractivity contribution in [3.05, 3.63) is 117 Å². The summed E-state index contributed by atoms with van der Waals surface area (Å²) in [5.41, 5.74) is 2.62. The molecule has 38 heavy (non-hydrogen) atoms. The lowest BCUT2D eigenvalue weighted by Gasteiger charge is -2.23. The lowest BCUT2D eigenvalue weighted by atomic mass is 10.1. The van der Waals surface area contributed by atoms with Gasteiger partial charge in [0.15, 0.2) is 0 Å². The summed E-state index contributed by atoms with van der Waals surface area (Å²) in [5.74, 6) is 0.203. The average molecular weight is 545 g/mol. The van der Waals surface area contributed by atoms with E-state index in [0.29, 0.717) is 32.8 Å². The molecule has 1 aliphatic rings. The standard InChI is InChI=1S/C27H22N4O2S2.C2H6O/c1-18(20-12-6-3-7-13-20)31-26(33)22(35-27(31)34)16-21-24(28-17-19-10-4-2-5-11-19)29-23-14-8-9-15-30(23)25(21)32;1-2-3/h2-16,18,28H,17H2,1H3;3H,2H2,1H3/b22-16-;. The summed E-state index contributed by atoms with van der Waals surface area (Å²) in [7, 11) is 0. The van der Waals surface area contributed by atoms with E-state index in [1.54, 1.807) is 36.2 Å². The highest BCUT2D eigenvalue weighted by molar-refractivity contribution is 8.26. The van der Waals surface area contributed by atoms with E-state index in [1.165, 1.54) is 16.2 Å². The molecule has 0 saturated carbocycles. The number of hydrogen-bond acceptors (Lipinski definition) is 7. The van der Waals surface area contributed by atoms with Crippen LogP contribution in [0.15, 0.2) is 94.8 Å². The molecule has 0 aliphatic carbocycles. The number of nitrogens with zero attached hydrogens (tertiary/aromatic N) is 3. The van der Waals surface area contributed by atoms with Crippen molar-refractivity contribution < 1.29 is 9.90 Å². The number of thiocarbonyl (C=S) groups is 1. The van der Waals surface area contributed by atoms with Gasteiger partial charge in [-0.1, -0.05) is 90.7 Å². The molecule has 1 saturated heterocycles. The minimum atomic E-state index is -0.257. The van der Waals surface area contributed by atoms with E-state index >= 15 is 0 Å². The maximum Gasteiger partial charge on any atom is 0.267 e. The predicted molar refractivity (Wildman–Crippen MR) is 158 cm³/mol. The van der Waals surface area contributed by atoms with Crippen molar-refractivity contribution in [1.29, 1.82) is 0 Å². The Morgan fingerprint density at radius 2 is 1.66 bits per heavy atom. The summed E-state index contributed by atoms with van der Waals surface area (Å²) in [6.45, 7) is 4.37. The summed E-state index contributed by atoms with van der Waals surface area (Å²) >= 11 is 6.76. The number of rotatable bonds is 6. The molecule has 1 fully saturated rings. The lowest BCUT2D eigenvalue weighted by molar-refractivity contribution is -0.123. The van der Waals surface area contributed by atoms with E-state index in [-0.39, 0.29) is 24.1 Å². The molecule has 3 heterocycles. The Hall–Kier alpha value is -3.79. The van der Waals surface area contributed by atoms with Crippen molar-refractivity contribution in [1.82, 2.24) is 14.3 Å². The van der Waals surface area contributed by atoms with Crippen molar-refractivity contribution in [2.24, 2.45) is 0 Å². The fourth-order valence-corrected chi connectivity index (χ4v) is 5.37. The smallest absolute Gasteiger partial charge is 0.267 e. The van der Waals surface area contributed by atoms with Crippen molar-refractivity contribution in [2.75, 3.05) is 11.9 Å². The SMILES string of the molecule is CC(c1ccccc1)N1C(=O)/C(=C/c2c(NCc3ccccc3)nc3ccccn3c2=O)SC1=S.CCO. The molecule has 9 heteroatoms. The number of aromatic nitrogens is 2. The van der Waals surface area contributed by atoms with Gasteiger partial charge in [-0.05, 0) is 43.2 Å². The Labute approximate surface area is 230 Å². The van der Waals surface area contributed by atoms with Gasteiger partial charge in [0.1, 0.15) is 15.8 Å². The number of amides is 1. The van der Waals surface area contributed by atoms with Gasteiger partial charge in [-0.2, -0.15) is 0 Å². The number of pyridine rings is 1. The van der Waals surface area contributed by atoms with Crippen LogP contribution in [0.4, 0.5) is 5.82 Å². The van der Waals surface area contributed by atoms with E-state index in [0.717, 1.165) is 11.1 Å². The van der Waals surface area contributed by atoms with Gasteiger partial charge in [0.2, 0.25) is 0 Å². The van der Waals surface area contributed by atoms with Crippen LogP contribution in [0, 0.1) is 0 Å². The van der Waals surface area contributed by atoms with Crippen molar-refractivity contribution in [3.63, 3.8) is 0 Å². The second kappa shape index (κ2) is 12.6. The first kappa shape index (κ1) is 27.3. The fourth-order valence-electron chi connectivity index (χ4n) is 3.97. The lowest BCUT2D eigenvalue weighted by Crippen LogP contribution is -2.31. The number of aliphatic hydroxyl groups excluding tert-OH is 1. The molecule has 194 valence electrons. The van der Waals surface area contributed by atoms with Crippen molar-refractivity contribution >= 4 is 51.7 Å². The van der Waals surface area contributed by atoms with Crippen LogP contribution in [-0.2, 0) is 11.3 Å². The molecule has 5 rings (SSSR count). The molecule has 2 N–H and O–H groups in total.